The lowest BCUT2D eigenvalue weighted by Gasteiger charge is -2.16. The van der Waals surface area contributed by atoms with Crippen molar-refractivity contribution in [2.45, 2.75) is 45.6 Å². The second-order valence-corrected chi connectivity index (χ2v) is 7.19. The van der Waals surface area contributed by atoms with Crippen LogP contribution < -0.4 is 5.32 Å². The second-order valence-electron chi connectivity index (χ2n) is 5.13. The molecule has 0 saturated heterocycles. The van der Waals surface area contributed by atoms with Crippen LogP contribution in [0.15, 0.2) is 11.4 Å². The Bertz CT molecular complexity index is 535. The second kappa shape index (κ2) is 5.73. The predicted octanol–water partition coefficient (Wildman–Crippen LogP) is 4.09. The van der Waals surface area contributed by atoms with E-state index < -0.39 is 0 Å². The first kappa shape index (κ1) is 13.3. The van der Waals surface area contributed by atoms with Crippen LogP contribution >= 0.6 is 22.7 Å². The summed E-state index contributed by atoms with van der Waals surface area (Å²) in [4.78, 5) is 7.86. The van der Waals surface area contributed by atoms with Crippen molar-refractivity contribution in [3.63, 3.8) is 0 Å². The van der Waals surface area contributed by atoms with E-state index in [2.05, 4.69) is 30.6 Å². The summed E-state index contributed by atoms with van der Waals surface area (Å²) in [5.41, 5.74) is 2.74. The van der Waals surface area contributed by atoms with Crippen molar-refractivity contribution in [1.82, 2.24) is 10.3 Å². The van der Waals surface area contributed by atoms with Crippen molar-refractivity contribution in [2.24, 2.45) is 0 Å². The van der Waals surface area contributed by atoms with Crippen molar-refractivity contribution < 1.29 is 0 Å². The summed E-state index contributed by atoms with van der Waals surface area (Å²) >= 11 is 3.77. The van der Waals surface area contributed by atoms with Crippen molar-refractivity contribution in [2.75, 3.05) is 6.54 Å². The van der Waals surface area contributed by atoms with E-state index >= 15 is 0 Å². The van der Waals surface area contributed by atoms with Crippen LogP contribution in [0.1, 0.15) is 51.8 Å². The molecule has 1 unspecified atom stereocenters. The molecule has 0 aromatic carbocycles. The summed E-state index contributed by atoms with van der Waals surface area (Å²) in [6.45, 7) is 5.47. The summed E-state index contributed by atoms with van der Waals surface area (Å²) in [5, 5.41) is 7.13. The molecule has 1 N–H and O–H groups in total. The van der Waals surface area contributed by atoms with E-state index in [0.29, 0.717) is 6.04 Å². The first-order valence-electron chi connectivity index (χ1n) is 7.05. The molecule has 1 atom stereocenters. The van der Waals surface area contributed by atoms with Gasteiger partial charge < -0.3 is 5.32 Å². The molecule has 0 radical (unpaired) electrons. The maximum Gasteiger partial charge on any atom is 0.116 e. The Labute approximate surface area is 122 Å². The lowest BCUT2D eigenvalue weighted by molar-refractivity contribution is 0.599. The minimum atomic E-state index is 0.301. The van der Waals surface area contributed by atoms with Gasteiger partial charge in [-0.05, 0) is 56.2 Å². The van der Waals surface area contributed by atoms with Crippen molar-refractivity contribution in [1.29, 1.82) is 0 Å². The predicted molar refractivity (Wildman–Crippen MR) is 83.3 cm³/mol. The highest BCUT2D eigenvalue weighted by Crippen LogP contribution is 2.35. The molecule has 0 aliphatic heterocycles. The highest BCUT2D eigenvalue weighted by Gasteiger charge is 2.24. The third-order valence-electron chi connectivity index (χ3n) is 3.62. The summed E-state index contributed by atoms with van der Waals surface area (Å²) < 4.78 is 0. The van der Waals surface area contributed by atoms with Crippen molar-refractivity contribution in [3.05, 3.63) is 37.5 Å². The summed E-state index contributed by atoms with van der Waals surface area (Å²) in [6.07, 6.45) is 4.86. The zero-order valence-electron chi connectivity index (χ0n) is 11.5. The fourth-order valence-corrected chi connectivity index (χ4v) is 4.91. The Hall–Kier alpha value is -0.710. The first-order valence-corrected chi connectivity index (χ1v) is 8.75. The molecule has 102 valence electrons. The molecule has 4 heteroatoms. The van der Waals surface area contributed by atoms with Gasteiger partial charge in [-0.2, -0.15) is 0 Å². The Morgan fingerprint density at radius 2 is 2.32 bits per heavy atom. The van der Waals surface area contributed by atoms with Gasteiger partial charge in [0.2, 0.25) is 0 Å². The van der Waals surface area contributed by atoms with E-state index in [9.17, 15) is 0 Å². The van der Waals surface area contributed by atoms with Crippen LogP contribution in [0.2, 0.25) is 0 Å². The van der Waals surface area contributed by atoms with E-state index in [1.165, 1.54) is 45.3 Å². The van der Waals surface area contributed by atoms with Crippen LogP contribution in [0, 0.1) is 6.92 Å². The quantitative estimate of drug-likeness (QED) is 0.898. The standard InChI is InChI=1S/C15H20N2S2/c1-3-8-16-13(14-10(2)7-9-18-14)15-17-11-5-4-6-12(11)19-15/h7,9,13,16H,3-6,8H2,1-2H3. The van der Waals surface area contributed by atoms with Gasteiger partial charge in [0.1, 0.15) is 5.01 Å². The van der Waals surface area contributed by atoms with Gasteiger partial charge in [-0.15, -0.1) is 22.7 Å². The molecule has 0 saturated carbocycles. The number of aromatic nitrogens is 1. The zero-order chi connectivity index (χ0) is 13.2. The number of hydrogen-bond donors (Lipinski definition) is 1. The topological polar surface area (TPSA) is 24.9 Å². The molecule has 2 nitrogen and oxygen atoms in total. The largest absolute Gasteiger partial charge is 0.304 e. The Morgan fingerprint density at radius 3 is 3.00 bits per heavy atom. The first-order chi connectivity index (χ1) is 9.29. The minimum Gasteiger partial charge on any atom is -0.304 e. The summed E-state index contributed by atoms with van der Waals surface area (Å²) in [7, 11) is 0. The molecule has 3 rings (SSSR count). The lowest BCUT2D eigenvalue weighted by atomic mass is 10.1. The van der Waals surface area contributed by atoms with E-state index in [1.807, 2.05) is 22.7 Å². The molecule has 2 aromatic rings. The van der Waals surface area contributed by atoms with Crippen LogP contribution in [0.25, 0.3) is 0 Å². The molecule has 0 bridgehead atoms. The third-order valence-corrected chi connectivity index (χ3v) is 5.93. The maximum atomic E-state index is 4.90. The molecular weight excluding hydrogens is 272 g/mol. The highest BCUT2D eigenvalue weighted by molar-refractivity contribution is 7.12. The monoisotopic (exact) mass is 292 g/mol. The third kappa shape index (κ3) is 2.62. The molecule has 0 amide bonds. The lowest BCUT2D eigenvalue weighted by Crippen LogP contribution is -2.23. The van der Waals surface area contributed by atoms with Crippen molar-refractivity contribution >= 4 is 22.7 Å². The number of nitrogens with zero attached hydrogens (tertiary/aromatic N) is 1. The maximum absolute atomic E-state index is 4.90. The molecule has 2 aromatic heterocycles. The number of rotatable bonds is 5. The molecule has 0 fully saturated rings. The normalized spacial score (nSPS) is 15.7. The molecule has 19 heavy (non-hydrogen) atoms. The molecule has 1 aliphatic carbocycles. The van der Waals surface area contributed by atoms with Gasteiger partial charge in [-0.25, -0.2) is 4.98 Å². The van der Waals surface area contributed by atoms with Gasteiger partial charge in [0.05, 0.1) is 11.7 Å². The zero-order valence-corrected chi connectivity index (χ0v) is 13.2. The number of aryl methyl sites for hydroxylation is 3. The molecule has 1 aliphatic rings. The average molecular weight is 292 g/mol. The van der Waals surface area contributed by atoms with E-state index in [0.717, 1.165) is 13.0 Å². The summed E-state index contributed by atoms with van der Waals surface area (Å²) in [6, 6.07) is 2.51. The molecule has 0 spiro atoms. The van der Waals surface area contributed by atoms with Gasteiger partial charge in [-0.1, -0.05) is 6.92 Å². The van der Waals surface area contributed by atoms with Gasteiger partial charge in [0.15, 0.2) is 0 Å². The van der Waals surface area contributed by atoms with Crippen LogP contribution in [0.3, 0.4) is 0 Å². The van der Waals surface area contributed by atoms with Crippen LogP contribution in [0.5, 0.6) is 0 Å². The van der Waals surface area contributed by atoms with E-state index in [4.69, 9.17) is 4.98 Å². The van der Waals surface area contributed by atoms with Gasteiger partial charge in [0.25, 0.3) is 0 Å². The Kier molecular flexibility index (Phi) is 4.01. The Morgan fingerprint density at radius 1 is 1.42 bits per heavy atom. The van der Waals surface area contributed by atoms with Crippen LogP contribution in [-0.4, -0.2) is 11.5 Å². The van der Waals surface area contributed by atoms with Crippen molar-refractivity contribution in [3.8, 4) is 0 Å². The fourth-order valence-electron chi connectivity index (χ4n) is 2.59. The highest BCUT2D eigenvalue weighted by atomic mass is 32.1. The number of hydrogen-bond acceptors (Lipinski definition) is 4. The van der Waals surface area contributed by atoms with Gasteiger partial charge >= 0.3 is 0 Å². The Balaban J connectivity index is 1.92. The van der Waals surface area contributed by atoms with Crippen LogP contribution in [0.4, 0.5) is 0 Å². The minimum absolute atomic E-state index is 0.301. The van der Waals surface area contributed by atoms with Gasteiger partial charge in [0, 0.05) is 9.75 Å². The fraction of sp³-hybridized carbons (Fsp3) is 0.533. The average Bonchev–Trinajstić information content (AvgIpc) is 3.06. The number of nitrogens with one attached hydrogen (secondary N) is 1. The van der Waals surface area contributed by atoms with Crippen LogP contribution in [-0.2, 0) is 12.8 Å². The van der Waals surface area contributed by atoms with E-state index in [1.54, 1.807) is 0 Å². The van der Waals surface area contributed by atoms with Gasteiger partial charge in [-0.3, -0.25) is 0 Å². The van der Waals surface area contributed by atoms with E-state index in [-0.39, 0.29) is 0 Å². The number of fused-ring (bicyclic) bond motifs is 1. The smallest absolute Gasteiger partial charge is 0.116 e. The number of thiazole rings is 1. The number of thiophene rings is 1. The molecular formula is C15H20N2S2. The molecule has 2 heterocycles. The SMILES string of the molecule is CCCNC(c1nc2c(s1)CCC2)c1sccc1C. The summed E-state index contributed by atoms with van der Waals surface area (Å²) in [5.74, 6) is 0.